The molecule has 0 saturated heterocycles. The van der Waals surface area contributed by atoms with Crippen LogP contribution in [0.3, 0.4) is 0 Å². The summed E-state index contributed by atoms with van der Waals surface area (Å²) in [5.74, 6) is -1.04. The van der Waals surface area contributed by atoms with Crippen LogP contribution in [0.2, 0.25) is 5.02 Å². The number of rotatable bonds is 5. The maximum Gasteiger partial charge on any atom is 0.260 e. The Hall–Kier alpha value is -2.77. The zero-order valence-corrected chi connectivity index (χ0v) is 15.5. The molecule has 2 aromatic heterocycles. The molecular weight excluding hydrogens is 373 g/mol. The summed E-state index contributed by atoms with van der Waals surface area (Å²) in [5, 5.41) is 2.88. The van der Waals surface area contributed by atoms with Gasteiger partial charge in [0.1, 0.15) is 5.82 Å². The number of hydrogen-bond donors (Lipinski definition) is 1. The standard InChI is InChI=1S/C19H17ClFN3O3/c1-11-13(18(25)23-12-3-4-16(21)15(20)9-12)10-14-17(22-11)5-6-24(19(14)26)7-8-27-2/h3-6,9-10H,7-8H2,1-2H3,(H,23,25). The van der Waals surface area contributed by atoms with Crippen LogP contribution in [0.1, 0.15) is 16.1 Å². The van der Waals surface area contributed by atoms with E-state index in [9.17, 15) is 14.0 Å². The average molecular weight is 390 g/mol. The molecule has 1 amide bonds. The van der Waals surface area contributed by atoms with E-state index < -0.39 is 11.7 Å². The fourth-order valence-corrected chi connectivity index (χ4v) is 2.85. The summed E-state index contributed by atoms with van der Waals surface area (Å²) in [6, 6.07) is 7.12. The number of hydrogen-bond acceptors (Lipinski definition) is 4. The van der Waals surface area contributed by atoms with Gasteiger partial charge in [-0.3, -0.25) is 14.6 Å². The molecule has 0 saturated carbocycles. The Balaban J connectivity index is 1.98. The van der Waals surface area contributed by atoms with E-state index in [-0.39, 0.29) is 16.1 Å². The van der Waals surface area contributed by atoms with Crippen LogP contribution in [0.15, 0.2) is 41.3 Å². The summed E-state index contributed by atoms with van der Waals surface area (Å²) < 4.78 is 19.8. The summed E-state index contributed by atoms with van der Waals surface area (Å²) in [7, 11) is 1.56. The Bertz CT molecular complexity index is 1080. The van der Waals surface area contributed by atoms with Crippen molar-refractivity contribution in [3.63, 3.8) is 0 Å². The second-order valence-electron chi connectivity index (χ2n) is 5.94. The number of anilines is 1. The van der Waals surface area contributed by atoms with Gasteiger partial charge in [0.05, 0.1) is 33.8 Å². The number of nitrogens with one attached hydrogen (secondary N) is 1. The third-order valence-electron chi connectivity index (χ3n) is 4.10. The first kappa shape index (κ1) is 19.0. The third kappa shape index (κ3) is 3.99. The number of methoxy groups -OCH3 is 1. The van der Waals surface area contributed by atoms with Crippen molar-refractivity contribution in [2.45, 2.75) is 13.5 Å². The van der Waals surface area contributed by atoms with Crippen LogP contribution < -0.4 is 10.9 Å². The predicted octanol–water partition coefficient (Wildman–Crippen LogP) is 3.40. The van der Waals surface area contributed by atoms with E-state index in [1.165, 1.54) is 22.8 Å². The maximum atomic E-state index is 13.3. The van der Waals surface area contributed by atoms with Crippen molar-refractivity contribution in [2.24, 2.45) is 0 Å². The molecule has 27 heavy (non-hydrogen) atoms. The lowest BCUT2D eigenvalue weighted by Gasteiger charge is -2.11. The lowest BCUT2D eigenvalue weighted by atomic mass is 10.1. The third-order valence-corrected chi connectivity index (χ3v) is 4.39. The van der Waals surface area contributed by atoms with E-state index in [4.69, 9.17) is 16.3 Å². The Morgan fingerprint density at radius 1 is 1.33 bits per heavy atom. The number of amides is 1. The number of benzene rings is 1. The normalized spacial score (nSPS) is 11.0. The van der Waals surface area contributed by atoms with Crippen molar-refractivity contribution in [1.29, 1.82) is 0 Å². The molecule has 0 unspecified atom stereocenters. The van der Waals surface area contributed by atoms with Gasteiger partial charge in [0.15, 0.2) is 0 Å². The number of ether oxygens (including phenoxy) is 1. The number of carbonyl (C=O) groups is 1. The topological polar surface area (TPSA) is 73.2 Å². The van der Waals surface area contributed by atoms with E-state index in [0.717, 1.165) is 6.07 Å². The molecule has 6 nitrogen and oxygen atoms in total. The second kappa shape index (κ2) is 7.85. The summed E-state index contributed by atoms with van der Waals surface area (Å²) in [5.41, 5.74) is 1.33. The second-order valence-corrected chi connectivity index (χ2v) is 6.35. The van der Waals surface area contributed by atoms with Gasteiger partial charge < -0.3 is 14.6 Å². The summed E-state index contributed by atoms with van der Waals surface area (Å²) in [6.45, 7) is 2.47. The van der Waals surface area contributed by atoms with Crippen LogP contribution >= 0.6 is 11.6 Å². The van der Waals surface area contributed by atoms with Crippen molar-refractivity contribution in [1.82, 2.24) is 9.55 Å². The first-order valence-electron chi connectivity index (χ1n) is 8.17. The number of pyridine rings is 2. The number of carbonyl (C=O) groups excluding carboxylic acids is 1. The van der Waals surface area contributed by atoms with Crippen LogP contribution in [-0.4, -0.2) is 29.2 Å². The van der Waals surface area contributed by atoms with Gasteiger partial charge in [0, 0.05) is 25.5 Å². The number of halogens is 2. The highest BCUT2D eigenvalue weighted by molar-refractivity contribution is 6.31. The van der Waals surface area contributed by atoms with Gasteiger partial charge >= 0.3 is 0 Å². The van der Waals surface area contributed by atoms with Gasteiger partial charge in [0.2, 0.25) is 0 Å². The quantitative estimate of drug-likeness (QED) is 0.725. The molecule has 2 heterocycles. The van der Waals surface area contributed by atoms with Crippen LogP contribution in [0.5, 0.6) is 0 Å². The first-order chi connectivity index (χ1) is 12.9. The molecule has 0 atom stereocenters. The Morgan fingerprint density at radius 3 is 2.81 bits per heavy atom. The summed E-state index contributed by atoms with van der Waals surface area (Å²) in [6.07, 6.45) is 1.65. The zero-order valence-electron chi connectivity index (χ0n) is 14.8. The average Bonchev–Trinajstić information content (AvgIpc) is 2.64. The molecule has 140 valence electrons. The van der Waals surface area contributed by atoms with Crippen molar-refractivity contribution >= 4 is 34.1 Å². The highest BCUT2D eigenvalue weighted by Crippen LogP contribution is 2.21. The van der Waals surface area contributed by atoms with E-state index in [1.54, 1.807) is 26.3 Å². The van der Waals surface area contributed by atoms with E-state index >= 15 is 0 Å². The molecule has 0 bridgehead atoms. The van der Waals surface area contributed by atoms with Crippen molar-refractivity contribution in [3.05, 3.63) is 69.0 Å². The summed E-state index contributed by atoms with van der Waals surface area (Å²) >= 11 is 5.74. The van der Waals surface area contributed by atoms with Crippen LogP contribution in [0, 0.1) is 12.7 Å². The largest absolute Gasteiger partial charge is 0.383 e. The van der Waals surface area contributed by atoms with Gasteiger partial charge in [-0.05, 0) is 37.3 Å². The molecule has 3 aromatic rings. The smallest absolute Gasteiger partial charge is 0.260 e. The number of fused-ring (bicyclic) bond motifs is 1. The molecule has 0 aliphatic heterocycles. The SMILES string of the molecule is COCCn1ccc2nc(C)c(C(=O)Nc3ccc(F)c(Cl)c3)cc2c1=O. The minimum absolute atomic E-state index is 0.0952. The van der Waals surface area contributed by atoms with Gasteiger partial charge in [-0.15, -0.1) is 0 Å². The molecular formula is C19H17ClFN3O3. The Labute approximate surface area is 159 Å². The molecule has 0 radical (unpaired) electrons. The van der Waals surface area contributed by atoms with E-state index in [0.29, 0.717) is 35.4 Å². The number of aryl methyl sites for hydroxylation is 1. The van der Waals surface area contributed by atoms with Crippen LogP contribution in [0.4, 0.5) is 10.1 Å². The lowest BCUT2D eigenvalue weighted by Crippen LogP contribution is -2.23. The van der Waals surface area contributed by atoms with E-state index in [1.807, 2.05) is 0 Å². The van der Waals surface area contributed by atoms with Gasteiger partial charge in [-0.1, -0.05) is 11.6 Å². The molecule has 0 spiro atoms. The maximum absolute atomic E-state index is 13.3. The first-order valence-corrected chi connectivity index (χ1v) is 8.54. The lowest BCUT2D eigenvalue weighted by molar-refractivity contribution is 0.102. The minimum atomic E-state index is -0.574. The minimum Gasteiger partial charge on any atom is -0.383 e. The van der Waals surface area contributed by atoms with Crippen molar-refractivity contribution in [2.75, 3.05) is 19.0 Å². The predicted molar refractivity (Wildman–Crippen MR) is 102 cm³/mol. The highest BCUT2D eigenvalue weighted by Gasteiger charge is 2.15. The van der Waals surface area contributed by atoms with Crippen molar-refractivity contribution in [3.8, 4) is 0 Å². The fraction of sp³-hybridized carbons (Fsp3) is 0.211. The van der Waals surface area contributed by atoms with Gasteiger partial charge in [-0.25, -0.2) is 4.39 Å². The monoisotopic (exact) mass is 389 g/mol. The van der Waals surface area contributed by atoms with Gasteiger partial charge in [0.25, 0.3) is 11.5 Å². The molecule has 1 aromatic carbocycles. The fourth-order valence-electron chi connectivity index (χ4n) is 2.67. The van der Waals surface area contributed by atoms with Gasteiger partial charge in [-0.2, -0.15) is 0 Å². The zero-order chi connectivity index (χ0) is 19.6. The molecule has 0 aliphatic carbocycles. The Morgan fingerprint density at radius 2 is 2.11 bits per heavy atom. The molecule has 1 N–H and O–H groups in total. The number of nitrogens with zero attached hydrogens (tertiary/aromatic N) is 2. The van der Waals surface area contributed by atoms with Crippen molar-refractivity contribution < 1.29 is 13.9 Å². The molecule has 0 fully saturated rings. The number of aromatic nitrogens is 2. The molecule has 3 rings (SSSR count). The van der Waals surface area contributed by atoms with Crippen LogP contribution in [-0.2, 0) is 11.3 Å². The molecule has 8 heteroatoms. The Kier molecular flexibility index (Phi) is 5.53. The molecule has 0 aliphatic rings. The van der Waals surface area contributed by atoms with Crippen LogP contribution in [0.25, 0.3) is 10.9 Å². The highest BCUT2D eigenvalue weighted by atomic mass is 35.5. The summed E-state index contributed by atoms with van der Waals surface area (Å²) in [4.78, 5) is 29.6. The van der Waals surface area contributed by atoms with E-state index in [2.05, 4.69) is 10.3 Å².